The molecule has 1 heteroatoms. The summed E-state index contributed by atoms with van der Waals surface area (Å²) in [5.74, 6) is 0.814. The van der Waals surface area contributed by atoms with Crippen molar-refractivity contribution in [3.8, 4) is 0 Å². The molecular formula is C12H25N. The van der Waals surface area contributed by atoms with E-state index >= 15 is 0 Å². The van der Waals surface area contributed by atoms with E-state index < -0.39 is 0 Å². The third-order valence-corrected chi connectivity index (χ3v) is 2.24. The van der Waals surface area contributed by atoms with Gasteiger partial charge in [-0.15, -0.1) is 6.58 Å². The van der Waals surface area contributed by atoms with Gasteiger partial charge in [0.2, 0.25) is 0 Å². The molecule has 0 spiro atoms. The van der Waals surface area contributed by atoms with Crippen molar-refractivity contribution in [2.24, 2.45) is 5.92 Å². The van der Waals surface area contributed by atoms with E-state index in [1.807, 2.05) is 6.08 Å². The van der Waals surface area contributed by atoms with Crippen molar-refractivity contribution in [2.45, 2.75) is 40.0 Å². The number of rotatable bonds is 8. The van der Waals surface area contributed by atoms with Gasteiger partial charge in [-0.2, -0.15) is 0 Å². The minimum absolute atomic E-state index is 0.814. The topological polar surface area (TPSA) is 3.24 Å². The molecule has 0 aromatic carbocycles. The highest BCUT2D eigenvalue weighted by molar-refractivity contribution is 4.73. The molecule has 78 valence electrons. The molecule has 0 radical (unpaired) electrons. The van der Waals surface area contributed by atoms with Crippen LogP contribution in [0.15, 0.2) is 12.7 Å². The summed E-state index contributed by atoms with van der Waals surface area (Å²) in [5.41, 5.74) is 0. The Bertz CT molecular complexity index is 118. The van der Waals surface area contributed by atoms with Crippen LogP contribution in [0, 0.1) is 5.92 Å². The molecule has 0 amide bonds. The molecule has 0 unspecified atom stereocenters. The number of hydrogen-bond donors (Lipinski definition) is 0. The summed E-state index contributed by atoms with van der Waals surface area (Å²) < 4.78 is 0. The molecule has 0 saturated heterocycles. The molecule has 0 aliphatic heterocycles. The standard InChI is InChI=1S/C12H25N/c1-5-7-10-13(9-6-2)11-8-12(3)4/h6,12H,2,5,7-11H2,1,3-4H3. The third kappa shape index (κ3) is 8.04. The van der Waals surface area contributed by atoms with Gasteiger partial charge in [0.05, 0.1) is 0 Å². The first kappa shape index (κ1) is 12.7. The number of nitrogens with zero attached hydrogens (tertiary/aromatic N) is 1. The molecule has 0 rings (SSSR count). The maximum atomic E-state index is 3.79. The monoisotopic (exact) mass is 183 g/mol. The van der Waals surface area contributed by atoms with Crippen molar-refractivity contribution >= 4 is 0 Å². The second-order valence-corrected chi connectivity index (χ2v) is 4.13. The van der Waals surface area contributed by atoms with Gasteiger partial charge >= 0.3 is 0 Å². The average molecular weight is 183 g/mol. The smallest absolute Gasteiger partial charge is 0.0160 e. The second-order valence-electron chi connectivity index (χ2n) is 4.13. The minimum Gasteiger partial charge on any atom is -0.300 e. The summed E-state index contributed by atoms with van der Waals surface area (Å²) in [5, 5.41) is 0. The highest BCUT2D eigenvalue weighted by Crippen LogP contribution is 2.03. The van der Waals surface area contributed by atoms with Crippen molar-refractivity contribution in [1.82, 2.24) is 4.90 Å². The van der Waals surface area contributed by atoms with Crippen molar-refractivity contribution in [3.05, 3.63) is 12.7 Å². The van der Waals surface area contributed by atoms with Crippen LogP contribution in [0.3, 0.4) is 0 Å². The number of hydrogen-bond acceptors (Lipinski definition) is 1. The van der Waals surface area contributed by atoms with E-state index in [1.54, 1.807) is 0 Å². The highest BCUT2D eigenvalue weighted by atomic mass is 15.1. The minimum atomic E-state index is 0.814. The molecule has 13 heavy (non-hydrogen) atoms. The van der Waals surface area contributed by atoms with Gasteiger partial charge in [0.25, 0.3) is 0 Å². The van der Waals surface area contributed by atoms with Gasteiger partial charge in [-0.25, -0.2) is 0 Å². The molecule has 0 aliphatic carbocycles. The highest BCUT2D eigenvalue weighted by Gasteiger charge is 2.02. The van der Waals surface area contributed by atoms with Crippen molar-refractivity contribution in [2.75, 3.05) is 19.6 Å². The Morgan fingerprint density at radius 1 is 1.31 bits per heavy atom. The molecule has 0 fully saturated rings. The van der Waals surface area contributed by atoms with E-state index in [9.17, 15) is 0 Å². The Kier molecular flexibility index (Phi) is 8.11. The van der Waals surface area contributed by atoms with Crippen LogP contribution in [0.1, 0.15) is 40.0 Å². The van der Waals surface area contributed by atoms with Crippen LogP contribution in [0.2, 0.25) is 0 Å². The van der Waals surface area contributed by atoms with Gasteiger partial charge in [0, 0.05) is 6.54 Å². The molecule has 0 aromatic rings. The van der Waals surface area contributed by atoms with Crippen LogP contribution in [0.25, 0.3) is 0 Å². The Morgan fingerprint density at radius 2 is 2.00 bits per heavy atom. The van der Waals surface area contributed by atoms with E-state index in [0.717, 1.165) is 12.5 Å². The van der Waals surface area contributed by atoms with E-state index in [0.29, 0.717) is 0 Å². The fraction of sp³-hybridized carbons (Fsp3) is 0.833. The van der Waals surface area contributed by atoms with Gasteiger partial charge in [-0.05, 0) is 31.8 Å². The summed E-state index contributed by atoms with van der Waals surface area (Å²) in [4.78, 5) is 2.50. The zero-order chi connectivity index (χ0) is 10.1. The first-order valence-electron chi connectivity index (χ1n) is 5.54. The Labute approximate surface area is 83.8 Å². The molecule has 0 aromatic heterocycles. The zero-order valence-corrected chi connectivity index (χ0v) is 9.55. The van der Waals surface area contributed by atoms with Gasteiger partial charge in [0.1, 0.15) is 0 Å². The predicted octanol–water partition coefficient (Wildman–Crippen LogP) is 3.32. The Balaban J connectivity index is 3.59. The Hall–Kier alpha value is -0.300. The molecular weight excluding hydrogens is 158 g/mol. The lowest BCUT2D eigenvalue weighted by molar-refractivity contribution is 0.279. The molecule has 0 bridgehead atoms. The third-order valence-electron chi connectivity index (χ3n) is 2.24. The van der Waals surface area contributed by atoms with E-state index in [2.05, 4.69) is 32.3 Å². The van der Waals surface area contributed by atoms with Gasteiger partial charge < -0.3 is 0 Å². The first-order valence-corrected chi connectivity index (χ1v) is 5.54. The van der Waals surface area contributed by atoms with Crippen molar-refractivity contribution in [1.29, 1.82) is 0 Å². The molecule has 0 N–H and O–H groups in total. The fourth-order valence-electron chi connectivity index (χ4n) is 1.30. The molecule has 0 atom stereocenters. The van der Waals surface area contributed by atoms with Crippen LogP contribution in [0.4, 0.5) is 0 Å². The second kappa shape index (κ2) is 8.31. The first-order chi connectivity index (χ1) is 6.20. The van der Waals surface area contributed by atoms with E-state index in [1.165, 1.54) is 32.4 Å². The van der Waals surface area contributed by atoms with Gasteiger partial charge in [0.15, 0.2) is 0 Å². The maximum Gasteiger partial charge on any atom is 0.0160 e. The summed E-state index contributed by atoms with van der Waals surface area (Å²) >= 11 is 0. The molecule has 0 aliphatic rings. The average Bonchev–Trinajstić information content (AvgIpc) is 2.09. The normalized spacial score (nSPS) is 11.2. The summed E-state index contributed by atoms with van der Waals surface area (Å²) in [7, 11) is 0. The van der Waals surface area contributed by atoms with Crippen LogP contribution < -0.4 is 0 Å². The van der Waals surface area contributed by atoms with Crippen LogP contribution >= 0.6 is 0 Å². The molecule has 0 saturated carbocycles. The van der Waals surface area contributed by atoms with Crippen LogP contribution in [0.5, 0.6) is 0 Å². The fourth-order valence-corrected chi connectivity index (χ4v) is 1.30. The summed E-state index contributed by atoms with van der Waals surface area (Å²) in [6.07, 6.45) is 5.91. The largest absolute Gasteiger partial charge is 0.300 e. The van der Waals surface area contributed by atoms with Gasteiger partial charge in [-0.1, -0.05) is 33.3 Å². The lowest BCUT2D eigenvalue weighted by Gasteiger charge is -2.21. The predicted molar refractivity (Wildman–Crippen MR) is 61.0 cm³/mol. The van der Waals surface area contributed by atoms with Crippen molar-refractivity contribution in [3.63, 3.8) is 0 Å². The van der Waals surface area contributed by atoms with Crippen LogP contribution in [-0.2, 0) is 0 Å². The molecule has 1 nitrogen and oxygen atoms in total. The summed E-state index contributed by atoms with van der Waals surface area (Å²) in [6.45, 7) is 14.1. The SMILES string of the molecule is C=CCN(CCCC)CCC(C)C. The van der Waals surface area contributed by atoms with E-state index in [-0.39, 0.29) is 0 Å². The van der Waals surface area contributed by atoms with Gasteiger partial charge in [-0.3, -0.25) is 4.90 Å². The Morgan fingerprint density at radius 3 is 2.46 bits per heavy atom. The lowest BCUT2D eigenvalue weighted by Crippen LogP contribution is -2.26. The van der Waals surface area contributed by atoms with Crippen LogP contribution in [-0.4, -0.2) is 24.5 Å². The lowest BCUT2D eigenvalue weighted by atomic mass is 10.1. The van der Waals surface area contributed by atoms with E-state index in [4.69, 9.17) is 0 Å². The number of unbranched alkanes of at least 4 members (excludes halogenated alkanes) is 1. The zero-order valence-electron chi connectivity index (χ0n) is 9.55. The molecule has 0 heterocycles. The maximum absolute atomic E-state index is 3.79. The summed E-state index contributed by atoms with van der Waals surface area (Å²) in [6, 6.07) is 0. The quantitative estimate of drug-likeness (QED) is 0.522. The van der Waals surface area contributed by atoms with Crippen molar-refractivity contribution < 1.29 is 0 Å².